The Kier molecular flexibility index (Phi) is 4.73. The fourth-order valence-electron chi connectivity index (χ4n) is 1.32. The van der Waals surface area contributed by atoms with Gasteiger partial charge in [0.2, 0.25) is 0 Å². The zero-order chi connectivity index (χ0) is 12.0. The number of aliphatic hydroxyl groups excluding tert-OH is 1. The number of carbonyl (C=O) groups excluding carboxylic acids is 1. The van der Waals surface area contributed by atoms with Gasteiger partial charge in [-0.15, -0.1) is 0 Å². The molecule has 1 unspecified atom stereocenters. The van der Waals surface area contributed by atoms with E-state index in [1.807, 2.05) is 30.3 Å². The van der Waals surface area contributed by atoms with Gasteiger partial charge in [0.25, 0.3) is 0 Å². The summed E-state index contributed by atoms with van der Waals surface area (Å²) >= 11 is 0. The Morgan fingerprint density at radius 2 is 2.06 bits per heavy atom. The van der Waals surface area contributed by atoms with Gasteiger partial charge in [0.05, 0.1) is 18.3 Å². The Hall–Kier alpha value is -1.61. The normalized spacial score (nSPS) is 11.9. The van der Waals surface area contributed by atoms with Gasteiger partial charge in [0, 0.05) is 6.42 Å². The number of aliphatic hydroxyl groups is 1. The molecule has 1 atom stereocenters. The summed E-state index contributed by atoms with van der Waals surface area (Å²) in [5.74, 6) is -0.536. The summed E-state index contributed by atoms with van der Waals surface area (Å²) in [6.07, 6.45) is -0.514. The van der Waals surface area contributed by atoms with E-state index in [0.29, 0.717) is 6.42 Å². The maximum atomic E-state index is 11.3. The number of rotatable bonds is 5. The van der Waals surface area contributed by atoms with E-state index < -0.39 is 12.1 Å². The molecule has 1 aromatic carbocycles. The summed E-state index contributed by atoms with van der Waals surface area (Å²) in [4.78, 5) is 11.3. The molecule has 0 fully saturated rings. The van der Waals surface area contributed by atoms with E-state index in [9.17, 15) is 9.90 Å². The molecule has 0 spiro atoms. The molecule has 0 amide bonds. The molecule has 0 aromatic heterocycles. The van der Waals surface area contributed by atoms with Gasteiger partial charge in [-0.3, -0.25) is 0 Å². The summed E-state index contributed by atoms with van der Waals surface area (Å²) in [7, 11) is 0. The average Bonchev–Trinajstić information content (AvgIpc) is 2.29. The van der Waals surface area contributed by atoms with Crippen LogP contribution < -0.4 is 0 Å². The van der Waals surface area contributed by atoms with Crippen LogP contribution in [0.1, 0.15) is 12.5 Å². The number of carbonyl (C=O) groups is 1. The predicted octanol–water partition coefficient (Wildman–Crippen LogP) is 1.71. The highest BCUT2D eigenvalue weighted by Gasteiger charge is 2.17. The first kappa shape index (κ1) is 12.5. The highest BCUT2D eigenvalue weighted by Crippen LogP contribution is 2.10. The van der Waals surface area contributed by atoms with Crippen molar-refractivity contribution in [3.05, 3.63) is 48.0 Å². The van der Waals surface area contributed by atoms with Gasteiger partial charge in [0.1, 0.15) is 0 Å². The zero-order valence-electron chi connectivity index (χ0n) is 9.35. The zero-order valence-corrected chi connectivity index (χ0v) is 9.35. The minimum absolute atomic E-state index is 0.103. The molecule has 86 valence electrons. The predicted molar refractivity (Wildman–Crippen MR) is 61.9 cm³/mol. The van der Waals surface area contributed by atoms with Crippen LogP contribution in [0, 0.1) is 0 Å². The maximum absolute atomic E-state index is 11.3. The molecule has 0 bridgehead atoms. The molecule has 1 N–H and O–H groups in total. The lowest BCUT2D eigenvalue weighted by Crippen LogP contribution is -2.21. The van der Waals surface area contributed by atoms with Crippen LogP contribution in [0.5, 0.6) is 0 Å². The van der Waals surface area contributed by atoms with Gasteiger partial charge in [-0.1, -0.05) is 36.9 Å². The van der Waals surface area contributed by atoms with Crippen LogP contribution in [0.4, 0.5) is 0 Å². The van der Waals surface area contributed by atoms with Gasteiger partial charge in [0.15, 0.2) is 0 Å². The van der Waals surface area contributed by atoms with Gasteiger partial charge < -0.3 is 9.84 Å². The second-order valence-electron chi connectivity index (χ2n) is 3.45. The number of benzene rings is 1. The van der Waals surface area contributed by atoms with E-state index in [2.05, 4.69) is 6.58 Å². The van der Waals surface area contributed by atoms with Crippen LogP contribution in [0.3, 0.4) is 0 Å². The molecule has 0 radical (unpaired) electrons. The van der Waals surface area contributed by atoms with Crippen LogP contribution in [-0.4, -0.2) is 23.8 Å². The van der Waals surface area contributed by atoms with Gasteiger partial charge in [-0.2, -0.15) is 0 Å². The molecule has 3 nitrogen and oxygen atoms in total. The molecule has 0 saturated carbocycles. The molecule has 1 rings (SSSR count). The largest absolute Gasteiger partial charge is 0.463 e. The van der Waals surface area contributed by atoms with Crippen LogP contribution in [0.15, 0.2) is 42.5 Å². The maximum Gasteiger partial charge on any atom is 0.336 e. The lowest BCUT2D eigenvalue weighted by Gasteiger charge is -2.12. The van der Waals surface area contributed by atoms with E-state index in [0.717, 1.165) is 5.56 Å². The molecule has 0 aliphatic rings. The Morgan fingerprint density at radius 3 is 2.62 bits per heavy atom. The van der Waals surface area contributed by atoms with Crippen molar-refractivity contribution in [3.8, 4) is 0 Å². The molecule has 1 aromatic rings. The number of ether oxygens (including phenoxy) is 1. The van der Waals surface area contributed by atoms with Crippen LogP contribution in [0.2, 0.25) is 0 Å². The number of hydrogen-bond donors (Lipinski definition) is 1. The Bertz CT molecular complexity index is 357. The molecular weight excluding hydrogens is 204 g/mol. The van der Waals surface area contributed by atoms with Crippen LogP contribution in [-0.2, 0) is 16.0 Å². The summed E-state index contributed by atoms with van der Waals surface area (Å²) in [5.41, 5.74) is 1.06. The third-order valence-electron chi connectivity index (χ3n) is 2.21. The van der Waals surface area contributed by atoms with E-state index in [4.69, 9.17) is 4.74 Å². The quantitative estimate of drug-likeness (QED) is 0.607. The fourth-order valence-corrected chi connectivity index (χ4v) is 1.32. The smallest absolute Gasteiger partial charge is 0.336 e. The lowest BCUT2D eigenvalue weighted by molar-refractivity contribution is -0.139. The first-order valence-electron chi connectivity index (χ1n) is 5.23. The van der Waals surface area contributed by atoms with E-state index in [-0.39, 0.29) is 12.2 Å². The summed E-state index contributed by atoms with van der Waals surface area (Å²) in [5, 5.41) is 9.77. The SMILES string of the molecule is C=C(C(=O)OCC)C(O)Cc1ccccc1. The van der Waals surface area contributed by atoms with E-state index in [1.165, 1.54) is 0 Å². The number of esters is 1. The summed E-state index contributed by atoms with van der Waals surface area (Å²) in [6.45, 7) is 5.55. The average molecular weight is 220 g/mol. The monoisotopic (exact) mass is 220 g/mol. The van der Waals surface area contributed by atoms with Crippen molar-refractivity contribution in [3.63, 3.8) is 0 Å². The Labute approximate surface area is 95.4 Å². The van der Waals surface area contributed by atoms with Crippen LogP contribution in [0.25, 0.3) is 0 Å². The molecule has 0 aliphatic heterocycles. The van der Waals surface area contributed by atoms with Gasteiger partial charge in [-0.05, 0) is 12.5 Å². The first-order chi connectivity index (χ1) is 7.65. The van der Waals surface area contributed by atoms with Crippen molar-refractivity contribution in [1.82, 2.24) is 0 Å². The summed E-state index contributed by atoms with van der Waals surface area (Å²) < 4.78 is 4.76. The first-order valence-corrected chi connectivity index (χ1v) is 5.23. The minimum Gasteiger partial charge on any atom is -0.463 e. The molecule has 0 aliphatic carbocycles. The number of hydrogen-bond acceptors (Lipinski definition) is 3. The van der Waals surface area contributed by atoms with Crippen molar-refractivity contribution in [2.75, 3.05) is 6.61 Å². The molecular formula is C13H16O3. The fraction of sp³-hybridized carbons (Fsp3) is 0.308. The van der Waals surface area contributed by atoms with Crippen molar-refractivity contribution in [1.29, 1.82) is 0 Å². The summed E-state index contributed by atoms with van der Waals surface area (Å²) in [6, 6.07) is 9.45. The highest BCUT2D eigenvalue weighted by molar-refractivity contribution is 5.88. The van der Waals surface area contributed by atoms with Crippen molar-refractivity contribution in [2.24, 2.45) is 0 Å². The molecule has 3 heteroatoms. The molecule has 16 heavy (non-hydrogen) atoms. The van der Waals surface area contributed by atoms with E-state index in [1.54, 1.807) is 6.92 Å². The third kappa shape index (κ3) is 3.51. The van der Waals surface area contributed by atoms with Crippen molar-refractivity contribution in [2.45, 2.75) is 19.4 Å². The van der Waals surface area contributed by atoms with E-state index >= 15 is 0 Å². The second kappa shape index (κ2) is 6.08. The Morgan fingerprint density at radius 1 is 1.44 bits per heavy atom. The van der Waals surface area contributed by atoms with Crippen LogP contribution >= 0.6 is 0 Å². The lowest BCUT2D eigenvalue weighted by atomic mass is 10.0. The molecule has 0 heterocycles. The topological polar surface area (TPSA) is 46.5 Å². The molecule has 0 saturated heterocycles. The van der Waals surface area contributed by atoms with Crippen molar-refractivity contribution < 1.29 is 14.6 Å². The van der Waals surface area contributed by atoms with Gasteiger partial charge >= 0.3 is 5.97 Å². The minimum atomic E-state index is -0.888. The standard InChI is InChI=1S/C13H16O3/c1-3-16-13(15)10(2)12(14)9-11-7-5-4-6-8-11/h4-8,12,14H,2-3,9H2,1H3. The second-order valence-corrected chi connectivity index (χ2v) is 3.45. The Balaban J connectivity index is 2.55. The van der Waals surface area contributed by atoms with Gasteiger partial charge in [-0.25, -0.2) is 4.79 Å². The highest BCUT2D eigenvalue weighted by atomic mass is 16.5. The third-order valence-corrected chi connectivity index (χ3v) is 2.21. The van der Waals surface area contributed by atoms with Crippen molar-refractivity contribution >= 4 is 5.97 Å².